The number of aromatic amines is 1. The maximum Gasteiger partial charge on any atom is 0.234 e. The Labute approximate surface area is 349 Å². The number of hydrogen-bond acceptors (Lipinski definition) is 12. The number of fused-ring (bicyclic) bond motifs is 2. The van der Waals surface area contributed by atoms with Gasteiger partial charge in [0.05, 0.1) is 34.6 Å². The van der Waals surface area contributed by atoms with E-state index in [1.54, 1.807) is 12.3 Å². The first-order valence-electron chi connectivity index (χ1n) is 20.6. The van der Waals surface area contributed by atoms with Crippen molar-refractivity contribution in [2.45, 2.75) is 50.5 Å². The number of para-hydroxylation sites is 1. The lowest BCUT2D eigenvalue weighted by molar-refractivity contribution is -0.134. The van der Waals surface area contributed by atoms with Crippen LogP contribution in [0.15, 0.2) is 72.9 Å². The Balaban J connectivity index is 0.780. The summed E-state index contributed by atoms with van der Waals surface area (Å²) in [6.45, 7) is 5.32. The Hall–Kier alpha value is -5.78. The van der Waals surface area contributed by atoms with E-state index in [1.165, 1.54) is 16.6 Å². The standard InChI is InChI=1S/C43H52FN11O4S/c1-53(32-8-3-7-29(26-32)33-11-13-38(56)50-42(33)57)22-5-18-45-20-21-46-30-16-23-54(24-17-30)37-12-10-31(27-35(37)44)48-43-51-40-34(14-19-47-40)41(52-43)49-36-9-4-6-28-15-25-55(39(28)36)60(2,58)59/h3-4,6-10,12,14,19,26-27,30,33,45-46H,5,11,13,15-18,20-25H2,1-2H3,(H,50,56,57)(H3,47,48,49,51,52). The molecule has 5 aromatic rings. The van der Waals surface area contributed by atoms with Crippen molar-refractivity contribution in [2.24, 2.45) is 0 Å². The fraction of sp³-hybridized carbons (Fsp3) is 0.395. The van der Waals surface area contributed by atoms with E-state index in [1.807, 2.05) is 48.5 Å². The zero-order valence-corrected chi connectivity index (χ0v) is 34.7. The monoisotopic (exact) mass is 837 g/mol. The summed E-state index contributed by atoms with van der Waals surface area (Å²) in [4.78, 5) is 40.6. The molecule has 2 amide bonds. The van der Waals surface area contributed by atoms with Gasteiger partial charge in [0.2, 0.25) is 27.8 Å². The summed E-state index contributed by atoms with van der Waals surface area (Å²) in [6.07, 6.45) is 7.30. The van der Waals surface area contributed by atoms with Crippen LogP contribution in [0.3, 0.4) is 0 Å². The van der Waals surface area contributed by atoms with Gasteiger partial charge in [0.1, 0.15) is 17.3 Å². The van der Waals surface area contributed by atoms with Crippen LogP contribution in [0.5, 0.6) is 0 Å². The number of benzene rings is 3. The van der Waals surface area contributed by atoms with Crippen LogP contribution in [0.4, 0.5) is 44.6 Å². The zero-order chi connectivity index (χ0) is 41.8. The van der Waals surface area contributed by atoms with Crippen molar-refractivity contribution >= 4 is 73.1 Å². The predicted molar refractivity (Wildman–Crippen MR) is 235 cm³/mol. The van der Waals surface area contributed by atoms with Crippen molar-refractivity contribution in [1.29, 1.82) is 0 Å². The van der Waals surface area contributed by atoms with E-state index < -0.39 is 10.0 Å². The molecule has 3 aliphatic heterocycles. The third-order valence-corrected chi connectivity index (χ3v) is 12.8. The van der Waals surface area contributed by atoms with Gasteiger partial charge in [-0.3, -0.25) is 19.2 Å². The second-order valence-electron chi connectivity index (χ2n) is 15.8. The first kappa shape index (κ1) is 41.0. The molecule has 0 radical (unpaired) electrons. The first-order chi connectivity index (χ1) is 29.0. The highest BCUT2D eigenvalue weighted by atomic mass is 32.2. The van der Waals surface area contributed by atoms with Gasteiger partial charge in [0.15, 0.2) is 0 Å². The number of nitrogens with zero attached hydrogens (tertiary/aromatic N) is 5. The number of aromatic nitrogens is 3. The Bertz CT molecular complexity index is 2470. The smallest absolute Gasteiger partial charge is 0.234 e. The maximum atomic E-state index is 15.6. The van der Waals surface area contributed by atoms with Crippen molar-refractivity contribution in [1.82, 2.24) is 30.9 Å². The molecule has 5 heterocycles. The van der Waals surface area contributed by atoms with Gasteiger partial charge in [-0.25, -0.2) is 12.8 Å². The molecule has 2 saturated heterocycles. The number of H-pyrrole nitrogens is 1. The number of carbonyl (C=O) groups excluding carboxylic acids is 2. The summed E-state index contributed by atoms with van der Waals surface area (Å²) in [6, 6.07) is 21.0. The lowest BCUT2D eigenvalue weighted by Crippen LogP contribution is -2.44. The van der Waals surface area contributed by atoms with Crippen molar-refractivity contribution in [3.05, 3.63) is 89.9 Å². The minimum atomic E-state index is -3.47. The summed E-state index contributed by atoms with van der Waals surface area (Å²) in [7, 11) is -1.41. The fourth-order valence-electron chi connectivity index (χ4n) is 8.42. The summed E-state index contributed by atoms with van der Waals surface area (Å²) in [5.41, 5.74) is 5.82. The normalized spacial score (nSPS) is 17.2. The highest BCUT2D eigenvalue weighted by molar-refractivity contribution is 7.92. The molecule has 0 bridgehead atoms. The minimum absolute atomic E-state index is 0.201. The van der Waals surface area contributed by atoms with Gasteiger partial charge >= 0.3 is 0 Å². The number of piperidine rings is 2. The number of sulfonamides is 1. The first-order valence-corrected chi connectivity index (χ1v) is 22.5. The molecule has 15 nitrogen and oxygen atoms in total. The van der Waals surface area contributed by atoms with Gasteiger partial charge < -0.3 is 36.1 Å². The molecule has 2 fully saturated rings. The SMILES string of the molecule is CN(CCCNCCNC1CCN(c2ccc(Nc3nc(Nc4cccc5c4N(S(C)(=O)=O)CC5)c4cc[nH]c4n3)cc2F)CC1)c1cccc(C2CCC(=O)NC2=O)c1. The second kappa shape index (κ2) is 17.8. The molecule has 8 rings (SSSR count). The molecule has 316 valence electrons. The number of carbonyl (C=O) groups is 2. The molecule has 60 heavy (non-hydrogen) atoms. The molecule has 0 spiro atoms. The Kier molecular flexibility index (Phi) is 12.2. The van der Waals surface area contributed by atoms with Crippen molar-refractivity contribution < 1.29 is 22.4 Å². The summed E-state index contributed by atoms with van der Waals surface area (Å²) in [5, 5.41) is 16.9. The van der Waals surface area contributed by atoms with Gasteiger partial charge in [-0.05, 0) is 92.2 Å². The van der Waals surface area contributed by atoms with E-state index >= 15 is 4.39 Å². The van der Waals surface area contributed by atoms with Crippen LogP contribution in [0.1, 0.15) is 49.1 Å². The average Bonchev–Trinajstić information content (AvgIpc) is 3.90. The van der Waals surface area contributed by atoms with Crippen LogP contribution in [0.2, 0.25) is 0 Å². The van der Waals surface area contributed by atoms with Gasteiger partial charge in [-0.1, -0.05) is 24.3 Å². The second-order valence-corrected chi connectivity index (χ2v) is 17.7. The highest BCUT2D eigenvalue weighted by Gasteiger charge is 2.30. The minimum Gasteiger partial charge on any atom is -0.375 e. The predicted octanol–water partition coefficient (Wildman–Crippen LogP) is 5.10. The largest absolute Gasteiger partial charge is 0.375 e. The third kappa shape index (κ3) is 9.32. The zero-order valence-electron chi connectivity index (χ0n) is 33.9. The lowest BCUT2D eigenvalue weighted by Gasteiger charge is -2.34. The van der Waals surface area contributed by atoms with E-state index in [0.29, 0.717) is 66.1 Å². The number of rotatable bonds is 16. The van der Waals surface area contributed by atoms with Gasteiger partial charge in [-0.2, -0.15) is 9.97 Å². The molecule has 0 aliphatic carbocycles. The molecule has 6 N–H and O–H groups in total. The number of hydrogen-bond donors (Lipinski definition) is 6. The van der Waals surface area contributed by atoms with Crippen LogP contribution in [-0.2, 0) is 26.0 Å². The maximum absolute atomic E-state index is 15.6. The molecule has 1 unspecified atom stereocenters. The summed E-state index contributed by atoms with van der Waals surface area (Å²) < 4.78 is 42.2. The fourth-order valence-corrected chi connectivity index (χ4v) is 9.39. The molecule has 3 aliphatic rings. The van der Waals surface area contributed by atoms with Crippen LogP contribution in [-0.4, -0.2) is 100 Å². The number of imide groups is 1. The van der Waals surface area contributed by atoms with Crippen LogP contribution < -0.4 is 40.7 Å². The van der Waals surface area contributed by atoms with Gasteiger partial charge in [0, 0.05) is 76.4 Å². The van der Waals surface area contributed by atoms with E-state index in [2.05, 4.69) is 59.5 Å². The Morgan fingerprint density at radius 3 is 2.55 bits per heavy atom. The molecule has 17 heteroatoms. The number of amides is 2. The van der Waals surface area contributed by atoms with E-state index in [0.717, 1.165) is 80.7 Å². The Morgan fingerprint density at radius 1 is 0.917 bits per heavy atom. The summed E-state index contributed by atoms with van der Waals surface area (Å²) >= 11 is 0. The molecule has 2 aromatic heterocycles. The van der Waals surface area contributed by atoms with Crippen molar-refractivity contribution in [3.8, 4) is 0 Å². The van der Waals surface area contributed by atoms with Gasteiger partial charge in [-0.15, -0.1) is 0 Å². The average molecular weight is 838 g/mol. The number of halogens is 1. The number of nitrogens with one attached hydrogen (secondary N) is 6. The van der Waals surface area contributed by atoms with E-state index in [-0.39, 0.29) is 29.5 Å². The molecular weight excluding hydrogens is 786 g/mol. The van der Waals surface area contributed by atoms with Crippen molar-refractivity contribution in [3.63, 3.8) is 0 Å². The van der Waals surface area contributed by atoms with Crippen molar-refractivity contribution in [2.75, 3.05) is 83.9 Å². The third-order valence-electron chi connectivity index (χ3n) is 11.6. The van der Waals surface area contributed by atoms with Crippen LogP contribution in [0, 0.1) is 5.82 Å². The van der Waals surface area contributed by atoms with E-state index in [4.69, 9.17) is 4.98 Å². The highest BCUT2D eigenvalue weighted by Crippen LogP contribution is 2.39. The molecular formula is C43H52FN11O4S. The topological polar surface area (TPSA) is 180 Å². The Morgan fingerprint density at radius 2 is 1.75 bits per heavy atom. The van der Waals surface area contributed by atoms with E-state index in [9.17, 15) is 18.0 Å². The van der Waals surface area contributed by atoms with Gasteiger partial charge in [0.25, 0.3) is 0 Å². The quantitative estimate of drug-likeness (QED) is 0.0573. The molecule has 0 saturated carbocycles. The molecule has 1 atom stereocenters. The lowest BCUT2D eigenvalue weighted by atomic mass is 9.90. The number of anilines is 7. The van der Waals surface area contributed by atoms with Crippen LogP contribution >= 0.6 is 0 Å². The molecule has 3 aromatic carbocycles. The summed E-state index contributed by atoms with van der Waals surface area (Å²) in [5.74, 6) is -0.290. The van der Waals surface area contributed by atoms with Crippen LogP contribution in [0.25, 0.3) is 11.0 Å².